The minimum Gasteiger partial charge on any atom is -0.508 e. The highest BCUT2D eigenvalue weighted by Gasteiger charge is 2.24. The molecule has 0 spiro atoms. The number of nitro groups is 1. The maximum atomic E-state index is 13.2. The molecule has 0 aliphatic rings. The van der Waals surface area contributed by atoms with Gasteiger partial charge in [-0.25, -0.2) is 0 Å². The lowest BCUT2D eigenvalue weighted by Gasteiger charge is -2.23. The third kappa shape index (κ3) is 4.09. The second kappa shape index (κ2) is 8.77. The fraction of sp³-hybridized carbons (Fsp3) is 0.0800. The molecule has 0 fully saturated rings. The Bertz CT molecular complexity index is 1320. The van der Waals surface area contributed by atoms with Gasteiger partial charge in [-0.2, -0.15) is 0 Å². The predicted molar refractivity (Wildman–Crippen MR) is 121 cm³/mol. The first kappa shape index (κ1) is 20.9. The van der Waals surface area contributed by atoms with Crippen molar-refractivity contribution in [1.82, 2.24) is 5.32 Å². The average Bonchev–Trinajstić information content (AvgIpc) is 2.83. The second-order valence-electron chi connectivity index (χ2n) is 7.21. The van der Waals surface area contributed by atoms with Crippen LogP contribution in [0.4, 0.5) is 5.69 Å². The molecule has 2 N–H and O–H groups in total. The van der Waals surface area contributed by atoms with Crippen LogP contribution in [0, 0.1) is 10.1 Å². The summed E-state index contributed by atoms with van der Waals surface area (Å²) in [5.41, 5.74) is 1.18. The zero-order chi connectivity index (χ0) is 22.7. The molecule has 1 atom stereocenters. The summed E-state index contributed by atoms with van der Waals surface area (Å²) in [7, 11) is 1.51. The summed E-state index contributed by atoms with van der Waals surface area (Å²) in [6.07, 6.45) is 0. The van der Waals surface area contributed by atoms with Crippen LogP contribution in [0.5, 0.6) is 11.5 Å². The molecular formula is C25H20N2O5. The summed E-state index contributed by atoms with van der Waals surface area (Å²) < 4.78 is 5.20. The van der Waals surface area contributed by atoms with E-state index < -0.39 is 16.9 Å². The number of ether oxygens (including phenoxy) is 1. The standard InChI is InChI=1S/C25H20N2O5/c1-32-20-10-5-8-18(15-20)25(29)26-24(17-7-4-9-19(14-17)27(30)31)23-21-11-3-2-6-16(21)12-13-22(23)28/h2-15,24,28H,1H3,(H,26,29)/t24-/m1/s1. The number of nitro benzene ring substituents is 1. The number of phenols is 1. The summed E-state index contributed by atoms with van der Waals surface area (Å²) in [4.78, 5) is 24.0. The number of carbonyl (C=O) groups is 1. The summed E-state index contributed by atoms with van der Waals surface area (Å²) >= 11 is 0. The van der Waals surface area contributed by atoms with E-state index in [9.17, 15) is 20.0 Å². The number of benzene rings is 4. The number of nitrogens with one attached hydrogen (secondary N) is 1. The quantitative estimate of drug-likeness (QED) is 0.333. The minimum atomic E-state index is -0.834. The highest BCUT2D eigenvalue weighted by atomic mass is 16.6. The molecule has 0 unspecified atom stereocenters. The maximum absolute atomic E-state index is 13.2. The SMILES string of the molecule is COc1cccc(C(=O)N[C@H](c2cccc([N+](=O)[O-])c2)c2c(O)ccc3ccccc23)c1. The number of nitrogens with zero attached hydrogens (tertiary/aromatic N) is 1. The first-order valence-electron chi connectivity index (χ1n) is 9.88. The van der Waals surface area contributed by atoms with Crippen molar-refractivity contribution in [3.05, 3.63) is 112 Å². The van der Waals surface area contributed by atoms with Gasteiger partial charge in [0.15, 0.2) is 0 Å². The molecular weight excluding hydrogens is 408 g/mol. The predicted octanol–water partition coefficient (Wildman–Crippen LogP) is 4.98. The molecule has 0 saturated carbocycles. The Morgan fingerprint density at radius 1 is 1.00 bits per heavy atom. The summed E-state index contributed by atoms with van der Waals surface area (Å²) in [6, 6.07) is 22.6. The van der Waals surface area contributed by atoms with E-state index in [0.717, 1.165) is 10.8 Å². The number of rotatable bonds is 6. The van der Waals surface area contributed by atoms with E-state index in [-0.39, 0.29) is 11.4 Å². The van der Waals surface area contributed by atoms with Crippen LogP contribution < -0.4 is 10.1 Å². The molecule has 7 nitrogen and oxygen atoms in total. The van der Waals surface area contributed by atoms with Crippen molar-refractivity contribution < 1.29 is 19.6 Å². The largest absolute Gasteiger partial charge is 0.508 e. The zero-order valence-electron chi connectivity index (χ0n) is 17.2. The van der Waals surface area contributed by atoms with Gasteiger partial charge in [-0.3, -0.25) is 14.9 Å². The summed E-state index contributed by atoms with van der Waals surface area (Å²) in [5, 5.41) is 26.7. The van der Waals surface area contributed by atoms with Crippen molar-refractivity contribution in [2.24, 2.45) is 0 Å². The van der Waals surface area contributed by atoms with E-state index in [1.165, 1.54) is 19.2 Å². The fourth-order valence-electron chi connectivity index (χ4n) is 3.71. The van der Waals surface area contributed by atoms with Gasteiger partial charge in [0.25, 0.3) is 11.6 Å². The van der Waals surface area contributed by atoms with Crippen molar-refractivity contribution in [3.8, 4) is 11.5 Å². The van der Waals surface area contributed by atoms with E-state index in [2.05, 4.69) is 5.32 Å². The van der Waals surface area contributed by atoms with Gasteiger partial charge in [-0.15, -0.1) is 0 Å². The maximum Gasteiger partial charge on any atom is 0.269 e. The van der Waals surface area contributed by atoms with Crippen LogP contribution in [-0.4, -0.2) is 23.0 Å². The molecule has 0 aliphatic heterocycles. The molecule has 0 heterocycles. The molecule has 0 bridgehead atoms. The number of aromatic hydroxyl groups is 1. The Kier molecular flexibility index (Phi) is 5.72. The average molecular weight is 428 g/mol. The molecule has 4 rings (SSSR count). The molecule has 0 aromatic heterocycles. The van der Waals surface area contributed by atoms with Gasteiger partial charge in [0, 0.05) is 23.3 Å². The highest BCUT2D eigenvalue weighted by Crippen LogP contribution is 2.37. The van der Waals surface area contributed by atoms with Crippen molar-refractivity contribution in [2.75, 3.05) is 7.11 Å². The lowest BCUT2D eigenvalue weighted by molar-refractivity contribution is -0.384. The van der Waals surface area contributed by atoms with Crippen LogP contribution in [-0.2, 0) is 0 Å². The molecule has 7 heteroatoms. The Labute approximate surface area is 184 Å². The van der Waals surface area contributed by atoms with Crippen LogP contribution in [0.3, 0.4) is 0 Å². The molecule has 0 radical (unpaired) electrons. The Hall–Kier alpha value is -4.39. The van der Waals surface area contributed by atoms with E-state index in [0.29, 0.717) is 22.4 Å². The number of carbonyl (C=O) groups excluding carboxylic acids is 1. The van der Waals surface area contributed by atoms with Gasteiger partial charge >= 0.3 is 0 Å². The van der Waals surface area contributed by atoms with Gasteiger partial charge in [-0.1, -0.05) is 48.5 Å². The third-order valence-corrected chi connectivity index (χ3v) is 5.26. The van der Waals surface area contributed by atoms with Crippen molar-refractivity contribution in [1.29, 1.82) is 0 Å². The first-order valence-corrected chi connectivity index (χ1v) is 9.88. The molecule has 4 aromatic carbocycles. The van der Waals surface area contributed by atoms with E-state index >= 15 is 0 Å². The van der Waals surface area contributed by atoms with E-state index in [4.69, 9.17) is 4.74 Å². The molecule has 160 valence electrons. The van der Waals surface area contributed by atoms with E-state index in [1.807, 2.05) is 24.3 Å². The van der Waals surface area contributed by atoms with E-state index in [1.54, 1.807) is 48.5 Å². The van der Waals surface area contributed by atoms with Crippen LogP contribution in [0.1, 0.15) is 27.5 Å². The number of non-ortho nitro benzene ring substituents is 1. The Balaban J connectivity index is 1.86. The van der Waals surface area contributed by atoms with Crippen molar-refractivity contribution >= 4 is 22.4 Å². The lowest BCUT2D eigenvalue weighted by Crippen LogP contribution is -2.29. The van der Waals surface area contributed by atoms with Gasteiger partial charge in [0.1, 0.15) is 11.5 Å². The van der Waals surface area contributed by atoms with Crippen LogP contribution in [0.2, 0.25) is 0 Å². The van der Waals surface area contributed by atoms with Crippen molar-refractivity contribution in [2.45, 2.75) is 6.04 Å². The normalized spacial score (nSPS) is 11.7. The number of hydrogen-bond acceptors (Lipinski definition) is 5. The highest BCUT2D eigenvalue weighted by molar-refractivity contribution is 5.96. The monoisotopic (exact) mass is 428 g/mol. The zero-order valence-corrected chi connectivity index (χ0v) is 17.2. The number of phenolic OH excluding ortho intramolecular Hbond substituents is 1. The number of amides is 1. The van der Waals surface area contributed by atoms with Crippen LogP contribution in [0.25, 0.3) is 10.8 Å². The second-order valence-corrected chi connectivity index (χ2v) is 7.21. The Morgan fingerprint density at radius 3 is 2.56 bits per heavy atom. The smallest absolute Gasteiger partial charge is 0.269 e. The lowest BCUT2D eigenvalue weighted by atomic mass is 9.92. The molecule has 4 aromatic rings. The van der Waals surface area contributed by atoms with Gasteiger partial charge in [0.05, 0.1) is 18.1 Å². The summed E-state index contributed by atoms with van der Waals surface area (Å²) in [5.74, 6) is 0.0939. The molecule has 32 heavy (non-hydrogen) atoms. The van der Waals surface area contributed by atoms with Gasteiger partial charge in [0.2, 0.25) is 0 Å². The van der Waals surface area contributed by atoms with Crippen LogP contribution >= 0.6 is 0 Å². The number of hydrogen-bond donors (Lipinski definition) is 2. The minimum absolute atomic E-state index is 0.0221. The first-order chi connectivity index (χ1) is 15.5. The Morgan fingerprint density at radius 2 is 1.78 bits per heavy atom. The summed E-state index contributed by atoms with van der Waals surface area (Å²) in [6.45, 7) is 0. The molecule has 0 aliphatic carbocycles. The van der Waals surface area contributed by atoms with Gasteiger partial charge < -0.3 is 15.2 Å². The third-order valence-electron chi connectivity index (χ3n) is 5.26. The molecule has 0 saturated heterocycles. The number of fused-ring (bicyclic) bond motifs is 1. The fourth-order valence-corrected chi connectivity index (χ4v) is 3.71. The van der Waals surface area contributed by atoms with Crippen molar-refractivity contribution in [3.63, 3.8) is 0 Å². The number of methoxy groups -OCH3 is 1. The molecule has 1 amide bonds. The van der Waals surface area contributed by atoms with Gasteiger partial charge in [-0.05, 0) is 40.6 Å². The van der Waals surface area contributed by atoms with Crippen LogP contribution in [0.15, 0.2) is 84.9 Å². The topological polar surface area (TPSA) is 102 Å².